The van der Waals surface area contributed by atoms with E-state index in [9.17, 15) is 13.2 Å². The number of nitrogens with one attached hydrogen (secondary N) is 1. The number of nitrogens with zero attached hydrogens (tertiary/aromatic N) is 2. The van der Waals surface area contributed by atoms with E-state index >= 15 is 0 Å². The van der Waals surface area contributed by atoms with Crippen molar-refractivity contribution in [1.29, 1.82) is 5.41 Å². The second kappa shape index (κ2) is 5.72. The lowest BCUT2D eigenvalue weighted by atomic mass is 10.2. The Hall–Kier alpha value is -2.09. The van der Waals surface area contributed by atoms with Crippen molar-refractivity contribution in [1.82, 2.24) is 4.98 Å². The lowest BCUT2D eigenvalue weighted by Gasteiger charge is -2.21. The molecular weight excluding hydrogens is 301 g/mol. The third-order valence-electron chi connectivity index (χ3n) is 2.79. The third kappa shape index (κ3) is 3.52. The molecule has 8 heteroatoms. The van der Waals surface area contributed by atoms with E-state index in [1.807, 2.05) is 17.5 Å². The van der Waals surface area contributed by atoms with E-state index in [1.54, 1.807) is 11.9 Å². The summed E-state index contributed by atoms with van der Waals surface area (Å²) in [6.07, 6.45) is -4.53. The summed E-state index contributed by atoms with van der Waals surface area (Å²) in [5, 5.41) is 9.36. The highest BCUT2D eigenvalue weighted by molar-refractivity contribution is 7.09. The lowest BCUT2D eigenvalue weighted by molar-refractivity contribution is -0.141. The number of anilines is 1. The summed E-state index contributed by atoms with van der Waals surface area (Å²) in [5.41, 5.74) is 4.61. The maximum atomic E-state index is 12.8. The van der Waals surface area contributed by atoms with E-state index < -0.39 is 11.9 Å². The highest BCUT2D eigenvalue weighted by atomic mass is 32.1. The maximum absolute atomic E-state index is 12.8. The van der Waals surface area contributed by atoms with E-state index in [0.29, 0.717) is 6.54 Å². The first-order chi connectivity index (χ1) is 9.79. The Morgan fingerprint density at radius 3 is 2.62 bits per heavy atom. The zero-order valence-electron chi connectivity index (χ0n) is 11.1. The van der Waals surface area contributed by atoms with Gasteiger partial charge in [0.25, 0.3) is 0 Å². The van der Waals surface area contributed by atoms with Gasteiger partial charge in [0.15, 0.2) is 0 Å². The summed E-state index contributed by atoms with van der Waals surface area (Å²) in [6, 6.07) is 5.75. The summed E-state index contributed by atoms with van der Waals surface area (Å²) in [4.78, 5) is 6.16. The first kappa shape index (κ1) is 15.3. The first-order valence-corrected chi connectivity index (χ1v) is 6.83. The van der Waals surface area contributed by atoms with Crippen LogP contribution < -0.4 is 10.6 Å². The number of hydrogen-bond acceptors (Lipinski definition) is 4. The minimum absolute atomic E-state index is 0.0470. The normalized spacial score (nSPS) is 11.4. The number of amidine groups is 1. The van der Waals surface area contributed by atoms with E-state index in [0.717, 1.165) is 10.9 Å². The molecule has 0 aliphatic heterocycles. The molecule has 3 N–H and O–H groups in total. The molecule has 0 radical (unpaired) electrons. The van der Waals surface area contributed by atoms with Crippen molar-refractivity contribution < 1.29 is 13.2 Å². The van der Waals surface area contributed by atoms with Crippen LogP contribution in [0.5, 0.6) is 0 Å². The van der Waals surface area contributed by atoms with Crippen molar-refractivity contribution in [2.24, 2.45) is 5.73 Å². The summed E-state index contributed by atoms with van der Waals surface area (Å²) in [6.45, 7) is 0.395. The summed E-state index contributed by atoms with van der Waals surface area (Å²) in [7, 11) is 1.62. The van der Waals surface area contributed by atoms with E-state index in [1.165, 1.54) is 17.4 Å². The van der Waals surface area contributed by atoms with Gasteiger partial charge in [-0.25, -0.2) is 4.98 Å². The van der Waals surface area contributed by atoms with Crippen molar-refractivity contribution in [2.75, 3.05) is 11.9 Å². The minimum Gasteiger partial charge on any atom is -0.384 e. The molecule has 112 valence electrons. The highest BCUT2D eigenvalue weighted by Crippen LogP contribution is 2.30. The molecule has 2 rings (SSSR count). The van der Waals surface area contributed by atoms with Gasteiger partial charge < -0.3 is 10.6 Å². The fourth-order valence-corrected chi connectivity index (χ4v) is 2.58. The van der Waals surface area contributed by atoms with Gasteiger partial charge in [0.1, 0.15) is 17.3 Å². The molecule has 0 aliphatic carbocycles. The largest absolute Gasteiger partial charge is 0.433 e. The average Bonchev–Trinajstić information content (AvgIpc) is 2.89. The number of pyridine rings is 1. The van der Waals surface area contributed by atoms with Gasteiger partial charge in [0.05, 0.1) is 12.1 Å². The van der Waals surface area contributed by atoms with Crippen LogP contribution in [0.15, 0.2) is 29.6 Å². The first-order valence-electron chi connectivity index (χ1n) is 5.95. The number of nitrogen functional groups attached to an aromatic ring is 1. The summed E-state index contributed by atoms with van der Waals surface area (Å²) < 4.78 is 38.3. The van der Waals surface area contributed by atoms with Gasteiger partial charge >= 0.3 is 6.18 Å². The van der Waals surface area contributed by atoms with Crippen molar-refractivity contribution in [3.63, 3.8) is 0 Å². The number of aromatic nitrogens is 1. The van der Waals surface area contributed by atoms with Crippen LogP contribution in [0.4, 0.5) is 19.0 Å². The monoisotopic (exact) mass is 314 g/mol. The molecule has 0 bridgehead atoms. The van der Waals surface area contributed by atoms with Gasteiger partial charge in [-0.15, -0.1) is 11.3 Å². The average molecular weight is 314 g/mol. The number of halogens is 3. The molecule has 0 saturated carbocycles. The van der Waals surface area contributed by atoms with Crippen LogP contribution >= 0.6 is 11.3 Å². The third-order valence-corrected chi connectivity index (χ3v) is 3.65. The van der Waals surface area contributed by atoms with E-state index in [-0.39, 0.29) is 17.2 Å². The van der Waals surface area contributed by atoms with Gasteiger partial charge in [-0.1, -0.05) is 6.07 Å². The number of alkyl halides is 3. The molecule has 0 spiro atoms. The van der Waals surface area contributed by atoms with Crippen LogP contribution in [0.2, 0.25) is 0 Å². The van der Waals surface area contributed by atoms with Crippen molar-refractivity contribution in [3.8, 4) is 0 Å². The maximum Gasteiger partial charge on any atom is 0.433 e. The van der Waals surface area contributed by atoms with E-state index in [4.69, 9.17) is 11.1 Å². The zero-order chi connectivity index (χ0) is 15.6. The standard InChI is InChI=1S/C13H13F3N4S/c1-20(7-8-3-2-6-21-8)12-9(11(17)18)4-5-10(19-12)13(14,15)16/h2-6H,7H2,1H3,(H3,17,18). The lowest BCUT2D eigenvalue weighted by Crippen LogP contribution is -2.24. The number of nitrogens with two attached hydrogens (primary N) is 1. The number of hydrogen-bond donors (Lipinski definition) is 2. The van der Waals surface area contributed by atoms with Crippen LogP contribution in [0, 0.1) is 5.41 Å². The van der Waals surface area contributed by atoms with Gasteiger partial charge in [-0.05, 0) is 23.6 Å². The quantitative estimate of drug-likeness (QED) is 0.673. The van der Waals surface area contributed by atoms with Gasteiger partial charge in [-0.2, -0.15) is 13.2 Å². The Balaban J connectivity index is 2.40. The molecule has 0 aromatic carbocycles. The van der Waals surface area contributed by atoms with Crippen LogP contribution in [0.25, 0.3) is 0 Å². The predicted octanol–water partition coefficient (Wildman–Crippen LogP) is 3.08. The molecule has 0 aliphatic rings. The Kier molecular flexibility index (Phi) is 4.17. The molecule has 0 atom stereocenters. The fourth-order valence-electron chi connectivity index (χ4n) is 1.82. The molecule has 2 aromatic rings. The predicted molar refractivity (Wildman–Crippen MR) is 76.7 cm³/mol. The zero-order valence-corrected chi connectivity index (χ0v) is 11.9. The minimum atomic E-state index is -4.53. The summed E-state index contributed by atoms with van der Waals surface area (Å²) >= 11 is 1.49. The summed E-state index contributed by atoms with van der Waals surface area (Å²) in [5.74, 6) is -0.269. The molecule has 0 saturated heterocycles. The van der Waals surface area contributed by atoms with Crippen LogP contribution in [0.1, 0.15) is 16.1 Å². The molecule has 2 heterocycles. The highest BCUT2D eigenvalue weighted by Gasteiger charge is 2.33. The van der Waals surface area contributed by atoms with Crippen molar-refractivity contribution in [3.05, 3.63) is 45.8 Å². The molecule has 0 amide bonds. The van der Waals surface area contributed by atoms with Crippen LogP contribution in [0.3, 0.4) is 0 Å². The molecule has 0 fully saturated rings. The van der Waals surface area contributed by atoms with Gasteiger partial charge in [-0.3, -0.25) is 5.41 Å². The Labute approximate surface area is 123 Å². The van der Waals surface area contributed by atoms with Crippen molar-refractivity contribution in [2.45, 2.75) is 12.7 Å². The molecule has 21 heavy (non-hydrogen) atoms. The topological polar surface area (TPSA) is 66.0 Å². The fraction of sp³-hybridized carbons (Fsp3) is 0.231. The Morgan fingerprint density at radius 2 is 2.10 bits per heavy atom. The number of rotatable bonds is 4. The van der Waals surface area contributed by atoms with Gasteiger partial charge in [0, 0.05) is 11.9 Å². The van der Waals surface area contributed by atoms with Crippen LogP contribution in [-0.2, 0) is 12.7 Å². The van der Waals surface area contributed by atoms with Crippen LogP contribution in [-0.4, -0.2) is 17.9 Å². The molecule has 4 nitrogen and oxygen atoms in total. The molecule has 2 aromatic heterocycles. The Morgan fingerprint density at radius 1 is 1.38 bits per heavy atom. The smallest absolute Gasteiger partial charge is 0.384 e. The SMILES string of the molecule is CN(Cc1cccs1)c1nc(C(F)(F)F)ccc1C(=N)N. The second-order valence-electron chi connectivity index (χ2n) is 4.41. The second-order valence-corrected chi connectivity index (χ2v) is 5.45. The molecular formula is C13H13F3N4S. The number of thiophene rings is 1. The van der Waals surface area contributed by atoms with E-state index in [2.05, 4.69) is 4.98 Å². The van der Waals surface area contributed by atoms with Crippen molar-refractivity contribution >= 4 is 23.0 Å². The molecule has 0 unspecified atom stereocenters. The Bertz CT molecular complexity index is 637. The van der Waals surface area contributed by atoms with Gasteiger partial charge in [0.2, 0.25) is 0 Å².